The van der Waals surface area contributed by atoms with Crippen molar-refractivity contribution in [1.29, 1.82) is 0 Å². The third kappa shape index (κ3) is 3.03. The van der Waals surface area contributed by atoms with Gasteiger partial charge >= 0.3 is 13.3 Å². The maximum atomic E-state index is 13.1. The zero-order chi connectivity index (χ0) is 14.3. The van der Waals surface area contributed by atoms with E-state index in [9.17, 15) is 23.6 Å². The summed E-state index contributed by atoms with van der Waals surface area (Å²) in [6.07, 6.45) is -11.5. The molecular weight excluding hydrogens is 281 g/mol. The molecule has 1 rings (SSSR count). The highest BCUT2D eigenvalue weighted by molar-refractivity contribution is 7.53. The van der Waals surface area contributed by atoms with Crippen LogP contribution in [0.5, 0.6) is 0 Å². The minimum atomic E-state index is -5.77. The maximum absolute atomic E-state index is 13.1. The van der Waals surface area contributed by atoms with Crippen molar-refractivity contribution in [2.24, 2.45) is 0 Å². The van der Waals surface area contributed by atoms with Crippen molar-refractivity contribution in [3.8, 4) is 0 Å². The molecule has 3 unspecified atom stereocenters. The molecule has 5 atom stereocenters. The summed E-state index contributed by atoms with van der Waals surface area (Å²) in [4.78, 5) is 16.8. The second kappa shape index (κ2) is 5.06. The van der Waals surface area contributed by atoms with Crippen LogP contribution in [0.4, 0.5) is 8.78 Å². The molecule has 1 saturated heterocycles. The first-order chi connectivity index (χ1) is 7.97. The van der Waals surface area contributed by atoms with Crippen molar-refractivity contribution in [1.82, 2.24) is 0 Å². The summed E-state index contributed by atoms with van der Waals surface area (Å²) >= 11 is 0. The van der Waals surface area contributed by atoms with E-state index in [1.54, 1.807) is 0 Å². The highest BCUT2D eigenvalue weighted by Gasteiger charge is 2.54. The van der Waals surface area contributed by atoms with Crippen molar-refractivity contribution in [3.05, 3.63) is 0 Å². The molecule has 0 aromatic heterocycles. The number of rotatable bonds is 3. The monoisotopic (exact) mass is 294 g/mol. The van der Waals surface area contributed by atoms with Crippen LogP contribution in [0, 0.1) is 0 Å². The minimum absolute atomic E-state index is 1.61. The molecular formula is C7H13F2O8P. The Morgan fingerprint density at radius 2 is 1.56 bits per heavy atom. The molecule has 108 valence electrons. The van der Waals surface area contributed by atoms with Gasteiger partial charge in [-0.05, 0) is 0 Å². The number of halogens is 2. The highest BCUT2D eigenvalue weighted by Crippen LogP contribution is 2.55. The Kier molecular flexibility index (Phi) is 4.46. The van der Waals surface area contributed by atoms with E-state index in [2.05, 4.69) is 4.74 Å². The molecule has 0 aromatic rings. The molecule has 11 heteroatoms. The van der Waals surface area contributed by atoms with Crippen LogP contribution in [0.2, 0.25) is 0 Å². The van der Waals surface area contributed by atoms with Gasteiger partial charge in [0.1, 0.15) is 18.3 Å². The fourth-order valence-corrected chi connectivity index (χ4v) is 1.88. The lowest BCUT2D eigenvalue weighted by Gasteiger charge is -2.39. The van der Waals surface area contributed by atoms with Gasteiger partial charge < -0.3 is 34.9 Å². The van der Waals surface area contributed by atoms with Crippen molar-refractivity contribution in [2.45, 2.75) is 42.8 Å². The van der Waals surface area contributed by atoms with Crippen LogP contribution in [-0.4, -0.2) is 66.6 Å². The van der Waals surface area contributed by atoms with E-state index in [1.165, 1.54) is 0 Å². The van der Waals surface area contributed by atoms with E-state index < -0.39 is 50.4 Å². The van der Waals surface area contributed by atoms with Gasteiger partial charge in [0.05, 0.1) is 12.5 Å². The number of aliphatic hydroxyl groups is 4. The fraction of sp³-hybridized carbons (Fsp3) is 1.00. The first kappa shape index (κ1) is 15.9. The number of alkyl halides is 2. The molecule has 1 aliphatic rings. The lowest BCUT2D eigenvalue weighted by Crippen LogP contribution is -2.58. The Morgan fingerprint density at radius 1 is 1.06 bits per heavy atom. The average Bonchev–Trinajstić information content (AvgIpc) is 2.21. The largest absolute Gasteiger partial charge is 0.394 e. The molecule has 0 saturated carbocycles. The third-order valence-corrected chi connectivity index (χ3v) is 3.59. The summed E-state index contributed by atoms with van der Waals surface area (Å²) in [7, 11) is -5.77. The molecule has 8 nitrogen and oxygen atoms in total. The molecule has 0 radical (unpaired) electrons. The first-order valence-electron chi connectivity index (χ1n) is 4.78. The molecule has 0 amide bonds. The molecule has 0 bridgehead atoms. The number of aliphatic hydroxyl groups excluding tert-OH is 4. The Balaban J connectivity index is 2.82. The van der Waals surface area contributed by atoms with E-state index in [0.717, 1.165) is 0 Å². The van der Waals surface area contributed by atoms with Crippen LogP contribution in [0.15, 0.2) is 0 Å². The quantitative estimate of drug-likeness (QED) is 0.326. The second-order valence-electron chi connectivity index (χ2n) is 3.95. The first-order valence-corrected chi connectivity index (χ1v) is 6.40. The Labute approximate surface area is 99.6 Å². The van der Waals surface area contributed by atoms with Gasteiger partial charge in [0.25, 0.3) is 0 Å². The van der Waals surface area contributed by atoms with Gasteiger partial charge in [-0.3, -0.25) is 4.57 Å². The molecule has 0 spiro atoms. The summed E-state index contributed by atoms with van der Waals surface area (Å²) in [6.45, 7) is 0. The van der Waals surface area contributed by atoms with Gasteiger partial charge in [0, 0.05) is 0 Å². The van der Waals surface area contributed by atoms with Gasteiger partial charge in [0.2, 0.25) is 0 Å². The van der Waals surface area contributed by atoms with Gasteiger partial charge in [-0.15, -0.1) is 0 Å². The molecule has 1 heterocycles. The van der Waals surface area contributed by atoms with Crippen molar-refractivity contribution in [2.75, 3.05) is 0 Å². The molecule has 0 aromatic carbocycles. The summed E-state index contributed by atoms with van der Waals surface area (Å²) in [6, 6.07) is 0. The Bertz CT molecular complexity index is 346. The average molecular weight is 294 g/mol. The van der Waals surface area contributed by atoms with Gasteiger partial charge in [0.15, 0.2) is 6.29 Å². The molecule has 1 aliphatic heterocycles. The predicted octanol–water partition coefficient (Wildman–Crippen LogP) is -2.05. The van der Waals surface area contributed by atoms with Gasteiger partial charge in [-0.25, -0.2) is 0 Å². The number of hydrogen-bond donors (Lipinski definition) is 6. The smallest absolute Gasteiger partial charge is 0.388 e. The van der Waals surface area contributed by atoms with Crippen LogP contribution < -0.4 is 0 Å². The van der Waals surface area contributed by atoms with Gasteiger partial charge in [-0.2, -0.15) is 8.78 Å². The lowest BCUT2D eigenvalue weighted by molar-refractivity contribution is -0.287. The number of ether oxygens (including phenoxy) is 1. The van der Waals surface area contributed by atoms with E-state index in [-0.39, 0.29) is 0 Å². The molecule has 18 heavy (non-hydrogen) atoms. The molecule has 1 fully saturated rings. The van der Waals surface area contributed by atoms with Crippen molar-refractivity contribution < 1.29 is 48.3 Å². The predicted molar refractivity (Wildman–Crippen MR) is 50.5 cm³/mol. The fourth-order valence-electron chi connectivity index (χ4n) is 1.46. The second-order valence-corrected chi connectivity index (χ2v) is 5.69. The Hall–Kier alpha value is -0.190. The SMILES string of the molecule is O=P(O)(O)C(F)(F)CC1O[C@@H](O)C(O)C(O)[C@@H]1O. The maximum Gasteiger partial charge on any atom is 0.394 e. The van der Waals surface area contributed by atoms with Crippen LogP contribution in [0.3, 0.4) is 0 Å². The Morgan fingerprint density at radius 3 is 2.00 bits per heavy atom. The van der Waals surface area contributed by atoms with Crippen LogP contribution >= 0.6 is 7.60 Å². The zero-order valence-electron chi connectivity index (χ0n) is 8.80. The lowest BCUT2D eigenvalue weighted by atomic mass is 9.97. The normalized spacial score (nSPS) is 38.8. The number of hydrogen-bond acceptors (Lipinski definition) is 6. The molecule has 0 aliphatic carbocycles. The summed E-state index contributed by atoms with van der Waals surface area (Å²) in [5.74, 6) is 0. The topological polar surface area (TPSA) is 148 Å². The summed E-state index contributed by atoms with van der Waals surface area (Å²) in [5.41, 5.74) is -4.49. The van der Waals surface area contributed by atoms with E-state index in [0.29, 0.717) is 0 Å². The standard InChI is InChI=1S/C7H13F2O8P/c8-7(9,18(14,15)16)1-2-3(10)4(11)5(12)6(13)17-2/h2-6,10-13H,1H2,(H2,14,15,16)/t2?,3-,4?,5?,6-/m1/s1. The zero-order valence-corrected chi connectivity index (χ0v) is 9.69. The summed E-state index contributed by atoms with van der Waals surface area (Å²) < 4.78 is 41.0. The summed E-state index contributed by atoms with van der Waals surface area (Å²) in [5, 5.41) is 36.7. The minimum Gasteiger partial charge on any atom is -0.388 e. The third-order valence-electron chi connectivity index (χ3n) is 2.56. The van der Waals surface area contributed by atoms with Crippen LogP contribution in [0.1, 0.15) is 6.42 Å². The molecule has 6 N–H and O–H groups in total. The van der Waals surface area contributed by atoms with E-state index in [1.807, 2.05) is 0 Å². The van der Waals surface area contributed by atoms with Crippen LogP contribution in [-0.2, 0) is 9.30 Å². The van der Waals surface area contributed by atoms with Crippen molar-refractivity contribution >= 4 is 7.60 Å². The van der Waals surface area contributed by atoms with Crippen molar-refractivity contribution in [3.63, 3.8) is 0 Å². The van der Waals surface area contributed by atoms with E-state index >= 15 is 0 Å². The van der Waals surface area contributed by atoms with Gasteiger partial charge in [-0.1, -0.05) is 0 Å². The highest BCUT2D eigenvalue weighted by atomic mass is 31.2. The van der Waals surface area contributed by atoms with E-state index in [4.69, 9.17) is 20.0 Å². The van der Waals surface area contributed by atoms with Crippen LogP contribution in [0.25, 0.3) is 0 Å².